The first-order valence-electron chi connectivity index (χ1n) is 10.2. The van der Waals surface area contributed by atoms with Gasteiger partial charge in [0.2, 0.25) is 0 Å². The molecule has 1 saturated carbocycles. The zero-order valence-electron chi connectivity index (χ0n) is 16.8. The van der Waals surface area contributed by atoms with Crippen LogP contribution >= 0.6 is 0 Å². The van der Waals surface area contributed by atoms with Gasteiger partial charge in [0.1, 0.15) is 5.82 Å². The molecule has 5 nitrogen and oxygen atoms in total. The first-order chi connectivity index (χ1) is 14.9. The first kappa shape index (κ1) is 20.9. The fraction of sp³-hybridized carbons (Fsp3) is 0.240. The third-order valence-corrected chi connectivity index (χ3v) is 5.34. The molecule has 0 amide bonds. The molecule has 31 heavy (non-hydrogen) atoms. The lowest BCUT2D eigenvalue weighted by molar-refractivity contribution is -0.139. The predicted octanol–water partition coefficient (Wildman–Crippen LogP) is 4.73. The van der Waals surface area contributed by atoms with Gasteiger partial charge in [0.25, 0.3) is 0 Å². The summed E-state index contributed by atoms with van der Waals surface area (Å²) in [6.07, 6.45) is 3.11. The molecule has 0 saturated heterocycles. The number of aliphatic hydroxyl groups is 1. The van der Waals surface area contributed by atoms with Gasteiger partial charge in [-0.25, -0.2) is 4.39 Å². The van der Waals surface area contributed by atoms with E-state index >= 15 is 0 Å². The summed E-state index contributed by atoms with van der Waals surface area (Å²) in [5.74, 6) is -1.55. The van der Waals surface area contributed by atoms with Gasteiger partial charge < -0.3 is 10.2 Å². The monoisotopic (exact) mass is 419 g/mol. The summed E-state index contributed by atoms with van der Waals surface area (Å²) < 4.78 is 13.6. The molecule has 0 aliphatic heterocycles. The lowest BCUT2D eigenvalue weighted by atomic mass is 9.92. The maximum Gasteiger partial charge on any atom is 0.305 e. The third kappa shape index (κ3) is 4.86. The van der Waals surface area contributed by atoms with E-state index in [1.807, 2.05) is 24.3 Å². The van der Waals surface area contributed by atoms with Crippen LogP contribution in [0.4, 0.5) is 4.39 Å². The SMILES string of the molecule is O=C(O)CC(O)CC(=O)/C=C/c1c(C2CC2)nc2ccccc2c1-c1ccc(F)cc1. The van der Waals surface area contributed by atoms with E-state index in [4.69, 9.17) is 10.1 Å². The zero-order valence-corrected chi connectivity index (χ0v) is 16.8. The van der Waals surface area contributed by atoms with Crippen LogP contribution in [-0.4, -0.2) is 33.1 Å². The van der Waals surface area contributed by atoms with E-state index in [0.29, 0.717) is 5.92 Å². The normalized spacial score (nSPS) is 14.8. The highest BCUT2D eigenvalue weighted by Gasteiger charge is 2.29. The zero-order chi connectivity index (χ0) is 22.0. The maximum atomic E-state index is 13.6. The lowest BCUT2D eigenvalue weighted by Gasteiger charge is -2.15. The Morgan fingerprint density at radius 3 is 2.48 bits per heavy atom. The highest BCUT2D eigenvalue weighted by molar-refractivity contribution is 6.02. The number of aliphatic hydroxyl groups excluding tert-OH is 1. The van der Waals surface area contributed by atoms with Gasteiger partial charge in [0.15, 0.2) is 5.78 Å². The van der Waals surface area contributed by atoms with E-state index in [1.54, 1.807) is 18.2 Å². The topological polar surface area (TPSA) is 87.5 Å². The molecule has 0 spiro atoms. The summed E-state index contributed by atoms with van der Waals surface area (Å²) in [5.41, 5.74) is 4.23. The molecule has 1 fully saturated rings. The van der Waals surface area contributed by atoms with Crippen molar-refractivity contribution >= 4 is 28.7 Å². The van der Waals surface area contributed by atoms with Gasteiger partial charge in [-0.2, -0.15) is 0 Å². The predicted molar refractivity (Wildman–Crippen MR) is 116 cm³/mol. The van der Waals surface area contributed by atoms with Gasteiger partial charge in [0, 0.05) is 28.9 Å². The molecule has 6 heteroatoms. The van der Waals surface area contributed by atoms with Crippen LogP contribution in [0, 0.1) is 5.82 Å². The number of carboxylic acids is 1. The molecule has 2 aromatic carbocycles. The summed E-state index contributed by atoms with van der Waals surface area (Å²) in [5, 5.41) is 19.4. The number of para-hydroxylation sites is 1. The Morgan fingerprint density at radius 2 is 1.81 bits per heavy atom. The van der Waals surface area contributed by atoms with Crippen molar-refractivity contribution in [2.45, 2.75) is 37.7 Å². The van der Waals surface area contributed by atoms with Crippen LogP contribution in [-0.2, 0) is 9.59 Å². The van der Waals surface area contributed by atoms with E-state index in [0.717, 1.165) is 46.1 Å². The van der Waals surface area contributed by atoms with Crippen LogP contribution in [0.15, 0.2) is 54.6 Å². The lowest BCUT2D eigenvalue weighted by Crippen LogP contribution is -2.16. The van der Waals surface area contributed by atoms with Crippen molar-refractivity contribution in [3.63, 3.8) is 0 Å². The van der Waals surface area contributed by atoms with Gasteiger partial charge in [-0.1, -0.05) is 30.3 Å². The van der Waals surface area contributed by atoms with Crippen molar-refractivity contribution < 1.29 is 24.2 Å². The number of fused-ring (bicyclic) bond motifs is 1. The number of rotatable bonds is 8. The van der Waals surface area contributed by atoms with Crippen LogP contribution in [0.3, 0.4) is 0 Å². The van der Waals surface area contributed by atoms with E-state index in [-0.39, 0.29) is 18.0 Å². The second-order valence-electron chi connectivity index (χ2n) is 7.84. The minimum atomic E-state index is -1.23. The molecule has 1 aromatic heterocycles. The number of carbonyl (C=O) groups is 2. The number of carbonyl (C=O) groups excluding carboxylic acids is 1. The average molecular weight is 419 g/mol. The largest absolute Gasteiger partial charge is 0.481 e. The summed E-state index contributed by atoms with van der Waals surface area (Å²) >= 11 is 0. The molecule has 1 atom stereocenters. The average Bonchev–Trinajstić information content (AvgIpc) is 3.56. The Balaban J connectivity index is 1.80. The molecule has 158 valence electrons. The number of allylic oxidation sites excluding steroid dienone is 1. The number of benzene rings is 2. The summed E-state index contributed by atoms with van der Waals surface area (Å²) in [6.45, 7) is 0. The molecule has 1 aliphatic rings. The van der Waals surface area contributed by atoms with E-state index in [1.165, 1.54) is 18.2 Å². The van der Waals surface area contributed by atoms with Crippen LogP contribution in [0.5, 0.6) is 0 Å². The van der Waals surface area contributed by atoms with Crippen molar-refractivity contribution in [3.05, 3.63) is 71.7 Å². The number of carboxylic acid groups (broad SMARTS) is 1. The Labute approximate surface area is 178 Å². The smallest absolute Gasteiger partial charge is 0.305 e. The number of aliphatic carboxylic acids is 1. The number of hydrogen-bond donors (Lipinski definition) is 2. The summed E-state index contributed by atoms with van der Waals surface area (Å²) in [7, 11) is 0. The number of ketones is 1. The standard InChI is InChI=1S/C25H22FNO4/c26-17-9-7-15(8-10-17)24-20-3-1-2-4-22(20)27-25(16-5-6-16)21(24)12-11-18(28)13-19(29)14-23(30)31/h1-4,7-12,16,19,29H,5-6,13-14H2,(H,30,31)/b12-11+. The first-order valence-corrected chi connectivity index (χ1v) is 10.2. The molecule has 4 rings (SSSR count). The third-order valence-electron chi connectivity index (χ3n) is 5.34. The molecular weight excluding hydrogens is 397 g/mol. The molecule has 1 aliphatic carbocycles. The molecular formula is C25H22FNO4. The van der Waals surface area contributed by atoms with Gasteiger partial charge in [-0.15, -0.1) is 0 Å². The Bertz CT molecular complexity index is 1170. The summed E-state index contributed by atoms with van der Waals surface area (Å²) in [4.78, 5) is 27.9. The Kier molecular flexibility index (Phi) is 5.91. The highest BCUT2D eigenvalue weighted by Crippen LogP contribution is 2.45. The number of halogens is 1. The number of pyridine rings is 1. The Hall–Kier alpha value is -3.38. The molecule has 0 bridgehead atoms. The van der Waals surface area contributed by atoms with Crippen LogP contribution in [0.1, 0.15) is 42.9 Å². The van der Waals surface area contributed by atoms with Crippen molar-refractivity contribution in [2.75, 3.05) is 0 Å². The minimum Gasteiger partial charge on any atom is -0.481 e. The Morgan fingerprint density at radius 1 is 1.10 bits per heavy atom. The van der Waals surface area contributed by atoms with Crippen molar-refractivity contribution in [1.82, 2.24) is 4.98 Å². The molecule has 1 heterocycles. The quantitative estimate of drug-likeness (QED) is 0.516. The van der Waals surface area contributed by atoms with E-state index in [2.05, 4.69) is 0 Å². The van der Waals surface area contributed by atoms with Crippen LogP contribution in [0.2, 0.25) is 0 Å². The second-order valence-corrected chi connectivity index (χ2v) is 7.84. The number of nitrogens with zero attached hydrogens (tertiary/aromatic N) is 1. The highest BCUT2D eigenvalue weighted by atomic mass is 19.1. The van der Waals surface area contributed by atoms with Crippen molar-refractivity contribution in [1.29, 1.82) is 0 Å². The molecule has 2 N–H and O–H groups in total. The van der Waals surface area contributed by atoms with E-state index < -0.39 is 18.5 Å². The summed E-state index contributed by atoms with van der Waals surface area (Å²) in [6, 6.07) is 14.0. The molecule has 1 unspecified atom stereocenters. The number of aromatic nitrogens is 1. The van der Waals surface area contributed by atoms with Gasteiger partial charge in [0.05, 0.1) is 23.7 Å². The van der Waals surface area contributed by atoms with Gasteiger partial charge in [-0.3, -0.25) is 14.6 Å². The fourth-order valence-electron chi connectivity index (χ4n) is 3.76. The van der Waals surface area contributed by atoms with Crippen LogP contribution in [0.25, 0.3) is 28.1 Å². The van der Waals surface area contributed by atoms with Crippen molar-refractivity contribution in [3.8, 4) is 11.1 Å². The molecule has 3 aromatic rings. The van der Waals surface area contributed by atoms with Gasteiger partial charge >= 0.3 is 5.97 Å². The van der Waals surface area contributed by atoms with Crippen LogP contribution < -0.4 is 0 Å². The minimum absolute atomic E-state index is 0.269. The number of hydrogen-bond acceptors (Lipinski definition) is 4. The van der Waals surface area contributed by atoms with Gasteiger partial charge in [-0.05, 0) is 48.8 Å². The van der Waals surface area contributed by atoms with Crippen molar-refractivity contribution in [2.24, 2.45) is 0 Å². The van der Waals surface area contributed by atoms with E-state index in [9.17, 15) is 19.1 Å². The maximum absolute atomic E-state index is 13.6. The fourth-order valence-corrected chi connectivity index (χ4v) is 3.76. The molecule has 0 radical (unpaired) electrons. The second kappa shape index (κ2) is 8.78.